The minimum atomic E-state index is -0.105. The van der Waals surface area contributed by atoms with Crippen LogP contribution in [0.2, 0.25) is 0 Å². The molecule has 0 amide bonds. The number of esters is 1. The van der Waals surface area contributed by atoms with Crippen LogP contribution < -0.4 is 0 Å². The Bertz CT molecular complexity index is 457. The summed E-state index contributed by atoms with van der Waals surface area (Å²) in [5, 5.41) is 11.9. The summed E-state index contributed by atoms with van der Waals surface area (Å²) in [4.78, 5) is 13.9. The first-order valence-corrected chi connectivity index (χ1v) is 6.85. The molecule has 3 rings (SSSR count). The number of ether oxygens (including phenoxy) is 1. The average molecular weight is 265 g/mol. The second-order valence-electron chi connectivity index (χ2n) is 5.37. The topological polar surface area (TPSA) is 73.1 Å². The Kier molecular flexibility index (Phi) is 3.46. The van der Waals surface area contributed by atoms with Gasteiger partial charge in [0.25, 0.3) is 0 Å². The number of carbonyl (C=O) groups excluding carboxylic acids is 1. The van der Waals surface area contributed by atoms with Gasteiger partial charge >= 0.3 is 5.97 Å². The quantitative estimate of drug-likeness (QED) is 0.733. The largest absolute Gasteiger partial charge is 0.469 e. The molecule has 1 aliphatic heterocycles. The molecule has 0 unspecified atom stereocenters. The highest BCUT2D eigenvalue weighted by Crippen LogP contribution is 2.34. The molecule has 19 heavy (non-hydrogen) atoms. The van der Waals surface area contributed by atoms with Gasteiger partial charge < -0.3 is 4.74 Å². The molecule has 2 aliphatic rings. The first kappa shape index (κ1) is 12.5. The second-order valence-corrected chi connectivity index (χ2v) is 5.37. The standard InChI is InChI=1S/C12H19N5O2/c1-19-12(18)9-3-2-6-16(7-9)8-11-13-14-15-17(11)10-4-5-10/h9-10H,2-8H2,1H3/t9-/m0/s1. The maximum atomic E-state index is 11.6. The highest BCUT2D eigenvalue weighted by atomic mass is 16.5. The molecule has 7 heteroatoms. The summed E-state index contributed by atoms with van der Waals surface area (Å²) in [5.74, 6) is 0.795. The van der Waals surface area contributed by atoms with E-state index in [2.05, 4.69) is 20.4 Å². The van der Waals surface area contributed by atoms with Crippen molar-refractivity contribution in [3.05, 3.63) is 5.82 Å². The SMILES string of the molecule is COC(=O)[C@H]1CCCN(Cc2nnnn2C2CC2)C1. The lowest BCUT2D eigenvalue weighted by Crippen LogP contribution is -2.39. The summed E-state index contributed by atoms with van der Waals surface area (Å²) in [6.45, 7) is 2.45. The van der Waals surface area contributed by atoms with Crippen molar-refractivity contribution in [2.75, 3.05) is 20.2 Å². The molecule has 2 fully saturated rings. The summed E-state index contributed by atoms with van der Waals surface area (Å²) in [6.07, 6.45) is 4.27. The molecule has 0 spiro atoms. The minimum Gasteiger partial charge on any atom is -0.469 e. The lowest BCUT2D eigenvalue weighted by Gasteiger charge is -2.30. The molecule has 0 N–H and O–H groups in total. The number of aromatic nitrogens is 4. The van der Waals surface area contributed by atoms with Crippen LogP contribution in [0.1, 0.15) is 37.5 Å². The van der Waals surface area contributed by atoms with Gasteiger partial charge in [-0.1, -0.05) is 0 Å². The normalized spacial score (nSPS) is 24.4. The summed E-state index contributed by atoms with van der Waals surface area (Å²) in [5.41, 5.74) is 0. The third-order valence-electron chi connectivity index (χ3n) is 3.86. The Morgan fingerprint density at radius 1 is 1.42 bits per heavy atom. The van der Waals surface area contributed by atoms with Crippen LogP contribution in [-0.2, 0) is 16.1 Å². The zero-order chi connectivity index (χ0) is 13.2. The smallest absolute Gasteiger partial charge is 0.309 e. The maximum Gasteiger partial charge on any atom is 0.309 e. The van der Waals surface area contributed by atoms with Gasteiger partial charge in [0.2, 0.25) is 0 Å². The molecule has 2 heterocycles. The number of piperidine rings is 1. The molecule has 104 valence electrons. The van der Waals surface area contributed by atoms with Crippen molar-refractivity contribution in [2.45, 2.75) is 38.3 Å². The van der Waals surface area contributed by atoms with Gasteiger partial charge in [-0.25, -0.2) is 4.68 Å². The van der Waals surface area contributed by atoms with Crippen LogP contribution in [0.25, 0.3) is 0 Å². The first-order chi connectivity index (χ1) is 9.28. The Morgan fingerprint density at radius 2 is 2.26 bits per heavy atom. The maximum absolute atomic E-state index is 11.6. The van der Waals surface area contributed by atoms with Crippen LogP contribution in [0.5, 0.6) is 0 Å². The third-order valence-corrected chi connectivity index (χ3v) is 3.86. The number of methoxy groups -OCH3 is 1. The number of hydrogen-bond acceptors (Lipinski definition) is 6. The number of rotatable bonds is 4. The number of nitrogens with zero attached hydrogens (tertiary/aromatic N) is 5. The fraction of sp³-hybridized carbons (Fsp3) is 0.833. The summed E-state index contributed by atoms with van der Waals surface area (Å²) in [6, 6.07) is 0.492. The Morgan fingerprint density at radius 3 is 3.00 bits per heavy atom. The molecule has 1 saturated carbocycles. The number of tetrazole rings is 1. The fourth-order valence-electron chi connectivity index (χ4n) is 2.68. The van der Waals surface area contributed by atoms with Crippen molar-refractivity contribution in [3.8, 4) is 0 Å². The molecule has 1 aromatic rings. The Balaban J connectivity index is 1.62. The molecule has 1 aromatic heterocycles. The highest BCUT2D eigenvalue weighted by Gasteiger charge is 2.30. The summed E-state index contributed by atoms with van der Waals surface area (Å²) >= 11 is 0. The van der Waals surface area contributed by atoms with Crippen LogP contribution >= 0.6 is 0 Å². The van der Waals surface area contributed by atoms with Gasteiger partial charge in [-0.05, 0) is 42.7 Å². The molecule has 0 bridgehead atoms. The molecule has 1 aliphatic carbocycles. The van der Waals surface area contributed by atoms with Crippen LogP contribution in [0.15, 0.2) is 0 Å². The van der Waals surface area contributed by atoms with Crippen LogP contribution in [0.3, 0.4) is 0 Å². The molecular formula is C12H19N5O2. The highest BCUT2D eigenvalue weighted by molar-refractivity contribution is 5.72. The van der Waals surface area contributed by atoms with E-state index in [0.717, 1.165) is 38.3 Å². The van der Waals surface area contributed by atoms with E-state index < -0.39 is 0 Å². The van der Waals surface area contributed by atoms with E-state index in [-0.39, 0.29) is 11.9 Å². The molecule has 1 saturated heterocycles. The predicted molar refractivity (Wildman–Crippen MR) is 66.1 cm³/mol. The van der Waals surface area contributed by atoms with Crippen molar-refractivity contribution in [2.24, 2.45) is 5.92 Å². The van der Waals surface area contributed by atoms with Crippen LogP contribution in [0, 0.1) is 5.92 Å². The molecule has 0 radical (unpaired) electrons. The van der Waals surface area contributed by atoms with Crippen molar-refractivity contribution < 1.29 is 9.53 Å². The van der Waals surface area contributed by atoms with E-state index in [0.29, 0.717) is 6.04 Å². The van der Waals surface area contributed by atoms with Gasteiger partial charge in [-0.15, -0.1) is 5.10 Å². The van der Waals surface area contributed by atoms with Gasteiger partial charge in [0.05, 0.1) is 25.6 Å². The Hall–Kier alpha value is -1.50. The van der Waals surface area contributed by atoms with E-state index in [1.54, 1.807) is 0 Å². The Labute approximate surface area is 111 Å². The molecule has 1 atom stereocenters. The summed E-state index contributed by atoms with van der Waals surface area (Å²) < 4.78 is 6.77. The van der Waals surface area contributed by atoms with Gasteiger partial charge in [0.1, 0.15) is 0 Å². The predicted octanol–water partition coefficient (Wildman–Crippen LogP) is 0.393. The average Bonchev–Trinajstić information content (AvgIpc) is 3.19. The first-order valence-electron chi connectivity index (χ1n) is 6.85. The minimum absolute atomic E-state index is 0.0102. The van der Waals surface area contributed by atoms with Crippen LogP contribution in [0.4, 0.5) is 0 Å². The number of likely N-dealkylation sites (tertiary alicyclic amines) is 1. The molecule has 0 aromatic carbocycles. The second kappa shape index (κ2) is 5.24. The molecular weight excluding hydrogens is 246 g/mol. The van der Waals surface area contributed by atoms with E-state index in [4.69, 9.17) is 4.74 Å². The lowest BCUT2D eigenvalue weighted by atomic mass is 9.98. The van der Waals surface area contributed by atoms with E-state index in [1.807, 2.05) is 4.68 Å². The van der Waals surface area contributed by atoms with Crippen molar-refractivity contribution >= 4 is 5.97 Å². The van der Waals surface area contributed by atoms with Gasteiger partial charge in [-0.3, -0.25) is 9.69 Å². The zero-order valence-electron chi connectivity index (χ0n) is 11.2. The number of hydrogen-bond donors (Lipinski definition) is 0. The van der Waals surface area contributed by atoms with Crippen LogP contribution in [-0.4, -0.2) is 51.3 Å². The fourth-order valence-corrected chi connectivity index (χ4v) is 2.68. The van der Waals surface area contributed by atoms with Gasteiger partial charge in [-0.2, -0.15) is 0 Å². The van der Waals surface area contributed by atoms with Crippen molar-refractivity contribution in [1.82, 2.24) is 25.1 Å². The van der Waals surface area contributed by atoms with E-state index >= 15 is 0 Å². The zero-order valence-corrected chi connectivity index (χ0v) is 11.2. The van der Waals surface area contributed by atoms with E-state index in [9.17, 15) is 4.79 Å². The van der Waals surface area contributed by atoms with E-state index in [1.165, 1.54) is 20.0 Å². The monoisotopic (exact) mass is 265 g/mol. The van der Waals surface area contributed by atoms with Crippen molar-refractivity contribution in [1.29, 1.82) is 0 Å². The third kappa shape index (κ3) is 2.75. The molecule has 7 nitrogen and oxygen atoms in total. The van der Waals surface area contributed by atoms with Gasteiger partial charge in [0, 0.05) is 6.54 Å². The van der Waals surface area contributed by atoms with Gasteiger partial charge in [0.15, 0.2) is 5.82 Å². The lowest BCUT2D eigenvalue weighted by molar-refractivity contribution is -0.147. The van der Waals surface area contributed by atoms with Crippen molar-refractivity contribution in [3.63, 3.8) is 0 Å². The number of carbonyl (C=O) groups is 1. The summed E-state index contributed by atoms with van der Waals surface area (Å²) in [7, 11) is 1.45.